The summed E-state index contributed by atoms with van der Waals surface area (Å²) < 4.78 is 0.923. The summed E-state index contributed by atoms with van der Waals surface area (Å²) in [6.07, 6.45) is 1.54. The summed E-state index contributed by atoms with van der Waals surface area (Å²) >= 11 is 6.31. The van der Waals surface area contributed by atoms with Crippen LogP contribution in [-0.4, -0.2) is 15.8 Å². The van der Waals surface area contributed by atoms with Gasteiger partial charge in [0.2, 0.25) is 0 Å². The number of hydrogen-bond donors (Lipinski definition) is 1. The Bertz CT molecular complexity index is 674. The third-order valence-corrected chi connectivity index (χ3v) is 3.69. The minimum absolute atomic E-state index is 0.139. The first kappa shape index (κ1) is 14.6. The van der Waals surface area contributed by atoms with Crippen molar-refractivity contribution in [2.24, 2.45) is 0 Å². The van der Waals surface area contributed by atoms with Crippen molar-refractivity contribution >= 4 is 49.3 Å². The van der Waals surface area contributed by atoms with Gasteiger partial charge in [0.15, 0.2) is 0 Å². The number of hydrogen-bond acceptors (Lipinski definition) is 4. The van der Waals surface area contributed by atoms with Gasteiger partial charge in [-0.3, -0.25) is 14.9 Å². The normalized spacial score (nSPS) is 10.1. The molecular formula is C12H7Br2N3O3. The van der Waals surface area contributed by atoms with Crippen molar-refractivity contribution in [2.75, 3.05) is 5.32 Å². The molecule has 8 heteroatoms. The summed E-state index contributed by atoms with van der Waals surface area (Å²) in [5.74, 6) is -0.119. The molecule has 0 saturated carbocycles. The number of nitro groups is 1. The lowest BCUT2D eigenvalue weighted by Gasteiger charge is -2.06. The monoisotopic (exact) mass is 399 g/mol. The molecule has 0 aliphatic heterocycles. The van der Waals surface area contributed by atoms with E-state index in [2.05, 4.69) is 42.2 Å². The molecule has 1 amide bonds. The second kappa shape index (κ2) is 6.10. The number of aromatic nitrogens is 1. The van der Waals surface area contributed by atoms with Crippen LogP contribution in [0.15, 0.2) is 45.5 Å². The third-order valence-electron chi connectivity index (χ3n) is 2.39. The highest BCUT2D eigenvalue weighted by Gasteiger charge is 2.19. The number of halogens is 2. The van der Waals surface area contributed by atoms with Gasteiger partial charge in [0.1, 0.15) is 10.3 Å². The van der Waals surface area contributed by atoms with Crippen LogP contribution in [0, 0.1) is 10.1 Å². The number of benzene rings is 1. The molecule has 0 aliphatic rings. The van der Waals surface area contributed by atoms with E-state index < -0.39 is 10.8 Å². The Morgan fingerprint density at radius 1 is 1.25 bits per heavy atom. The quantitative estimate of drug-likeness (QED) is 0.627. The molecule has 0 unspecified atom stereocenters. The molecule has 0 atom stereocenters. The number of carbonyl (C=O) groups excluding carboxylic acids is 1. The molecule has 1 N–H and O–H groups in total. The highest BCUT2D eigenvalue weighted by molar-refractivity contribution is 9.11. The fourth-order valence-corrected chi connectivity index (χ4v) is 2.29. The third kappa shape index (κ3) is 3.20. The Morgan fingerprint density at radius 3 is 2.60 bits per heavy atom. The van der Waals surface area contributed by atoms with Crippen molar-refractivity contribution < 1.29 is 9.72 Å². The number of amides is 1. The van der Waals surface area contributed by atoms with Gasteiger partial charge in [-0.05, 0) is 50.1 Å². The minimum atomic E-state index is -0.557. The van der Waals surface area contributed by atoms with Gasteiger partial charge in [-0.15, -0.1) is 0 Å². The molecular weight excluding hydrogens is 394 g/mol. The van der Waals surface area contributed by atoms with Crippen LogP contribution in [-0.2, 0) is 0 Å². The number of anilines is 1. The molecule has 0 radical (unpaired) electrons. The Morgan fingerprint density at radius 2 is 2.00 bits per heavy atom. The fraction of sp³-hybridized carbons (Fsp3) is 0. The van der Waals surface area contributed by atoms with Crippen molar-refractivity contribution in [3.05, 3.63) is 61.2 Å². The second-order valence-electron chi connectivity index (χ2n) is 3.71. The zero-order valence-electron chi connectivity index (χ0n) is 9.84. The van der Waals surface area contributed by atoms with Crippen LogP contribution in [0.25, 0.3) is 0 Å². The molecule has 2 aromatic rings. The van der Waals surface area contributed by atoms with Crippen LogP contribution in [0.3, 0.4) is 0 Å². The van der Waals surface area contributed by atoms with Gasteiger partial charge in [0.05, 0.1) is 10.5 Å². The van der Waals surface area contributed by atoms with Crippen molar-refractivity contribution in [2.45, 2.75) is 0 Å². The van der Waals surface area contributed by atoms with Gasteiger partial charge in [0.25, 0.3) is 11.6 Å². The van der Waals surface area contributed by atoms with E-state index in [1.807, 2.05) is 0 Å². The predicted octanol–water partition coefficient (Wildman–Crippen LogP) is 3.77. The molecule has 1 aromatic carbocycles. The summed E-state index contributed by atoms with van der Waals surface area (Å²) in [5, 5.41) is 13.4. The van der Waals surface area contributed by atoms with Gasteiger partial charge in [-0.25, -0.2) is 4.98 Å². The Hall–Kier alpha value is -1.80. The van der Waals surface area contributed by atoms with Crippen LogP contribution in [0.4, 0.5) is 11.5 Å². The van der Waals surface area contributed by atoms with E-state index in [-0.39, 0.29) is 15.7 Å². The van der Waals surface area contributed by atoms with Crippen LogP contribution >= 0.6 is 31.9 Å². The maximum Gasteiger partial charge on any atom is 0.284 e. The standard InChI is InChI=1S/C12H7Br2N3O3/c13-7-4-5-10(15-6-7)16-12(18)8-2-1-3-9(11(8)14)17(19)20/h1-6H,(H,15,16,18). The lowest BCUT2D eigenvalue weighted by atomic mass is 10.2. The zero-order chi connectivity index (χ0) is 14.7. The Kier molecular flexibility index (Phi) is 4.46. The van der Waals surface area contributed by atoms with E-state index in [4.69, 9.17) is 0 Å². The van der Waals surface area contributed by atoms with Crippen molar-refractivity contribution in [1.29, 1.82) is 0 Å². The molecule has 0 fully saturated rings. The SMILES string of the molecule is O=C(Nc1ccc(Br)cn1)c1cccc([N+](=O)[O-])c1Br. The van der Waals surface area contributed by atoms with E-state index >= 15 is 0 Å². The number of nitro benzene ring substituents is 1. The highest BCUT2D eigenvalue weighted by atomic mass is 79.9. The first-order valence-corrected chi connectivity index (χ1v) is 6.93. The molecule has 20 heavy (non-hydrogen) atoms. The lowest BCUT2D eigenvalue weighted by Crippen LogP contribution is -2.14. The van der Waals surface area contributed by atoms with Crippen LogP contribution in [0.1, 0.15) is 10.4 Å². The molecule has 2 rings (SSSR count). The van der Waals surface area contributed by atoms with Crippen LogP contribution in [0.2, 0.25) is 0 Å². The average Bonchev–Trinajstić information content (AvgIpc) is 2.41. The van der Waals surface area contributed by atoms with Gasteiger partial charge in [-0.1, -0.05) is 6.07 Å². The largest absolute Gasteiger partial charge is 0.307 e. The number of rotatable bonds is 3. The maximum atomic E-state index is 12.1. The van der Waals surface area contributed by atoms with Gasteiger partial charge in [0, 0.05) is 16.7 Å². The molecule has 102 valence electrons. The molecule has 0 spiro atoms. The lowest BCUT2D eigenvalue weighted by molar-refractivity contribution is -0.385. The molecule has 1 heterocycles. The number of nitrogens with zero attached hydrogens (tertiary/aromatic N) is 2. The molecule has 0 bridgehead atoms. The Labute approximate surface area is 130 Å². The van der Waals surface area contributed by atoms with Crippen LogP contribution < -0.4 is 5.32 Å². The summed E-state index contributed by atoms with van der Waals surface area (Å²) in [7, 11) is 0. The molecule has 6 nitrogen and oxygen atoms in total. The number of nitrogens with one attached hydrogen (secondary N) is 1. The predicted molar refractivity (Wildman–Crippen MR) is 80.7 cm³/mol. The minimum Gasteiger partial charge on any atom is -0.307 e. The second-order valence-corrected chi connectivity index (χ2v) is 5.42. The number of carbonyl (C=O) groups is 1. The topological polar surface area (TPSA) is 85.1 Å². The van der Waals surface area contributed by atoms with E-state index in [0.29, 0.717) is 5.82 Å². The van der Waals surface area contributed by atoms with Gasteiger partial charge in [-0.2, -0.15) is 0 Å². The van der Waals surface area contributed by atoms with E-state index in [9.17, 15) is 14.9 Å². The first-order chi connectivity index (χ1) is 9.49. The molecule has 0 aliphatic carbocycles. The van der Waals surface area contributed by atoms with Crippen molar-refractivity contribution in [3.8, 4) is 0 Å². The first-order valence-electron chi connectivity index (χ1n) is 5.35. The summed E-state index contributed by atoms with van der Waals surface area (Å²) in [6, 6.07) is 7.61. The fourth-order valence-electron chi connectivity index (χ4n) is 1.47. The van der Waals surface area contributed by atoms with E-state index in [1.54, 1.807) is 12.1 Å². The number of pyridine rings is 1. The molecule has 1 aromatic heterocycles. The van der Waals surface area contributed by atoms with Crippen LogP contribution in [0.5, 0.6) is 0 Å². The smallest absolute Gasteiger partial charge is 0.284 e. The van der Waals surface area contributed by atoms with Crippen molar-refractivity contribution in [1.82, 2.24) is 4.98 Å². The summed E-state index contributed by atoms with van der Waals surface area (Å²) in [4.78, 5) is 26.3. The van der Waals surface area contributed by atoms with E-state index in [1.165, 1.54) is 24.4 Å². The average molecular weight is 401 g/mol. The van der Waals surface area contributed by atoms with E-state index in [0.717, 1.165) is 4.47 Å². The van der Waals surface area contributed by atoms with Gasteiger partial charge < -0.3 is 5.32 Å². The summed E-state index contributed by atoms with van der Waals surface area (Å²) in [6.45, 7) is 0. The maximum absolute atomic E-state index is 12.1. The highest BCUT2D eigenvalue weighted by Crippen LogP contribution is 2.28. The molecule has 0 saturated heterocycles. The Balaban J connectivity index is 2.28. The zero-order valence-corrected chi connectivity index (χ0v) is 13.0. The summed E-state index contributed by atoms with van der Waals surface area (Å²) in [5.41, 5.74) is 0.00494. The van der Waals surface area contributed by atoms with Crippen molar-refractivity contribution in [3.63, 3.8) is 0 Å². The van der Waals surface area contributed by atoms with Gasteiger partial charge >= 0.3 is 0 Å².